The average Bonchev–Trinajstić information content (AvgIpc) is 3.14. The molecule has 1 aromatic heterocycles. The zero-order chi connectivity index (χ0) is 21.7. The molecule has 156 valence electrons. The van der Waals surface area contributed by atoms with Crippen LogP contribution in [0.3, 0.4) is 0 Å². The summed E-state index contributed by atoms with van der Waals surface area (Å²) in [6.07, 6.45) is 1.51. The molecule has 6 nitrogen and oxygen atoms in total. The number of carbonyl (C=O) groups excluding carboxylic acids is 1. The minimum atomic E-state index is -0.430. The normalized spacial score (nSPS) is 11.0. The molecule has 0 fully saturated rings. The first kappa shape index (κ1) is 22.5. The van der Waals surface area contributed by atoms with E-state index in [1.54, 1.807) is 44.4 Å². The molecule has 0 bridgehead atoms. The van der Waals surface area contributed by atoms with Gasteiger partial charge in [0.15, 0.2) is 17.3 Å². The Kier molecular flexibility index (Phi) is 7.63. The van der Waals surface area contributed by atoms with Gasteiger partial charge in [0.25, 0.3) is 0 Å². The second-order valence-corrected chi connectivity index (χ2v) is 8.17. The summed E-state index contributed by atoms with van der Waals surface area (Å²) in [4.78, 5) is 12.0. The van der Waals surface area contributed by atoms with Gasteiger partial charge in [0.05, 0.1) is 16.9 Å². The van der Waals surface area contributed by atoms with Gasteiger partial charge in [-0.25, -0.2) is 5.43 Å². The van der Waals surface area contributed by atoms with Crippen LogP contribution in [0.4, 0.5) is 0 Å². The fourth-order valence-electron chi connectivity index (χ4n) is 2.52. The van der Waals surface area contributed by atoms with Gasteiger partial charge in [-0.15, -0.1) is 0 Å². The standard InChI is InChI=1S/C21H17Cl2IN2O4/c1-12-3-6-18(30-12)21(27)26-25-10-13-7-17(24)20(19(8-13)28-2)29-11-14-4-5-15(22)9-16(14)23/h3-10H,11H2,1-2H3,(H,26,27)/b25-10-. The molecule has 0 radical (unpaired) electrons. The Hall–Kier alpha value is -2.23. The molecular formula is C21H17Cl2IN2O4. The van der Waals surface area contributed by atoms with Crippen LogP contribution in [-0.2, 0) is 6.61 Å². The summed E-state index contributed by atoms with van der Waals surface area (Å²) in [7, 11) is 1.55. The van der Waals surface area contributed by atoms with E-state index in [1.165, 1.54) is 6.21 Å². The summed E-state index contributed by atoms with van der Waals surface area (Å²) in [6.45, 7) is 2.02. The molecular weight excluding hydrogens is 542 g/mol. The number of nitrogens with one attached hydrogen (secondary N) is 1. The molecule has 0 aliphatic rings. The maximum atomic E-state index is 12.0. The monoisotopic (exact) mass is 558 g/mol. The average molecular weight is 559 g/mol. The Balaban J connectivity index is 1.70. The van der Waals surface area contributed by atoms with E-state index in [-0.39, 0.29) is 12.4 Å². The number of furan rings is 1. The molecule has 0 spiro atoms. The van der Waals surface area contributed by atoms with E-state index in [4.69, 9.17) is 37.1 Å². The Morgan fingerprint density at radius 2 is 2.03 bits per heavy atom. The first-order valence-corrected chi connectivity index (χ1v) is 10.5. The highest BCUT2D eigenvalue weighted by Crippen LogP contribution is 2.34. The molecule has 0 atom stereocenters. The third kappa shape index (κ3) is 5.68. The number of hydrazone groups is 1. The minimum absolute atomic E-state index is 0.196. The fraction of sp³-hybridized carbons (Fsp3) is 0.143. The molecule has 0 saturated carbocycles. The van der Waals surface area contributed by atoms with Crippen molar-refractivity contribution in [2.24, 2.45) is 5.10 Å². The van der Waals surface area contributed by atoms with Gasteiger partial charge in [-0.2, -0.15) is 5.10 Å². The highest BCUT2D eigenvalue weighted by Gasteiger charge is 2.13. The maximum absolute atomic E-state index is 12.0. The van der Waals surface area contributed by atoms with E-state index < -0.39 is 5.91 Å². The molecule has 1 heterocycles. The predicted molar refractivity (Wildman–Crippen MR) is 125 cm³/mol. The van der Waals surface area contributed by atoms with E-state index in [0.29, 0.717) is 27.3 Å². The van der Waals surface area contributed by atoms with Crippen LogP contribution < -0.4 is 14.9 Å². The molecule has 2 aromatic carbocycles. The number of nitrogens with zero attached hydrogens (tertiary/aromatic N) is 1. The number of carbonyl (C=O) groups is 1. The molecule has 1 amide bonds. The van der Waals surface area contributed by atoms with E-state index in [2.05, 4.69) is 33.1 Å². The van der Waals surface area contributed by atoms with Gasteiger partial charge in [-0.1, -0.05) is 29.3 Å². The highest BCUT2D eigenvalue weighted by molar-refractivity contribution is 14.1. The van der Waals surface area contributed by atoms with Crippen LogP contribution >= 0.6 is 45.8 Å². The van der Waals surface area contributed by atoms with E-state index in [9.17, 15) is 4.79 Å². The molecule has 0 unspecified atom stereocenters. The molecule has 30 heavy (non-hydrogen) atoms. The third-order valence-electron chi connectivity index (χ3n) is 3.98. The number of ether oxygens (including phenoxy) is 2. The largest absolute Gasteiger partial charge is 0.493 e. The Morgan fingerprint density at radius 3 is 2.70 bits per heavy atom. The zero-order valence-electron chi connectivity index (χ0n) is 16.0. The van der Waals surface area contributed by atoms with Gasteiger partial charge in [0, 0.05) is 15.6 Å². The number of hydrogen-bond donors (Lipinski definition) is 1. The summed E-state index contributed by atoms with van der Waals surface area (Å²) in [5, 5.41) is 5.07. The number of methoxy groups -OCH3 is 1. The van der Waals surface area contributed by atoms with Crippen molar-refractivity contribution in [2.45, 2.75) is 13.5 Å². The number of rotatable bonds is 7. The molecule has 0 aliphatic carbocycles. The van der Waals surface area contributed by atoms with Gasteiger partial charge in [-0.3, -0.25) is 4.79 Å². The van der Waals surface area contributed by atoms with Gasteiger partial charge in [0.1, 0.15) is 12.4 Å². The van der Waals surface area contributed by atoms with Gasteiger partial charge in [0.2, 0.25) is 0 Å². The zero-order valence-corrected chi connectivity index (χ0v) is 19.7. The van der Waals surface area contributed by atoms with Crippen LogP contribution in [-0.4, -0.2) is 19.2 Å². The number of benzene rings is 2. The van der Waals surface area contributed by atoms with E-state index in [0.717, 1.165) is 14.7 Å². The lowest BCUT2D eigenvalue weighted by Gasteiger charge is -2.14. The van der Waals surface area contributed by atoms with Crippen molar-refractivity contribution in [3.8, 4) is 11.5 Å². The summed E-state index contributed by atoms with van der Waals surface area (Å²) in [6, 6.07) is 12.2. The van der Waals surface area contributed by atoms with E-state index in [1.807, 2.05) is 12.1 Å². The fourth-order valence-corrected chi connectivity index (χ4v) is 3.76. The summed E-state index contributed by atoms with van der Waals surface area (Å²) < 4.78 is 17.5. The van der Waals surface area contributed by atoms with Crippen molar-refractivity contribution in [1.82, 2.24) is 5.43 Å². The lowest BCUT2D eigenvalue weighted by molar-refractivity contribution is 0.0926. The first-order chi connectivity index (χ1) is 14.4. The molecule has 3 rings (SSSR count). The third-order valence-corrected chi connectivity index (χ3v) is 5.37. The number of amides is 1. The molecule has 0 saturated heterocycles. The molecule has 0 aliphatic heterocycles. The molecule has 1 N–H and O–H groups in total. The Labute approximate surface area is 197 Å². The summed E-state index contributed by atoms with van der Waals surface area (Å²) in [5.41, 5.74) is 3.96. The van der Waals surface area contributed by atoms with E-state index >= 15 is 0 Å². The van der Waals surface area contributed by atoms with Crippen molar-refractivity contribution in [3.05, 3.63) is 78.7 Å². The summed E-state index contributed by atoms with van der Waals surface area (Å²) >= 11 is 14.3. The maximum Gasteiger partial charge on any atom is 0.307 e. The van der Waals surface area contributed by atoms with Crippen LogP contribution in [0.25, 0.3) is 0 Å². The number of hydrogen-bond acceptors (Lipinski definition) is 5. The van der Waals surface area contributed by atoms with Crippen molar-refractivity contribution < 1.29 is 18.7 Å². The Bertz CT molecular complexity index is 1100. The molecule has 3 aromatic rings. The van der Waals surface area contributed by atoms with Crippen molar-refractivity contribution in [3.63, 3.8) is 0 Å². The SMILES string of the molecule is COc1cc(/C=N\NC(=O)c2ccc(C)o2)cc(I)c1OCc1ccc(Cl)cc1Cl. The van der Waals surface area contributed by atoms with Crippen molar-refractivity contribution in [2.75, 3.05) is 7.11 Å². The first-order valence-electron chi connectivity index (χ1n) is 8.71. The van der Waals surface area contributed by atoms with Gasteiger partial charge in [-0.05, 0) is 71.5 Å². The number of halogens is 3. The van der Waals surface area contributed by atoms with Crippen molar-refractivity contribution in [1.29, 1.82) is 0 Å². The smallest absolute Gasteiger partial charge is 0.307 e. The molecule has 9 heteroatoms. The van der Waals surface area contributed by atoms with Gasteiger partial charge < -0.3 is 13.9 Å². The number of aryl methyl sites for hydroxylation is 1. The van der Waals surface area contributed by atoms with Crippen LogP contribution in [0.2, 0.25) is 10.0 Å². The van der Waals surface area contributed by atoms with Crippen LogP contribution in [0.15, 0.2) is 52.0 Å². The van der Waals surface area contributed by atoms with Gasteiger partial charge >= 0.3 is 5.91 Å². The van der Waals surface area contributed by atoms with Crippen LogP contribution in [0.1, 0.15) is 27.4 Å². The topological polar surface area (TPSA) is 73.1 Å². The predicted octanol–water partition coefficient (Wildman–Crippen LogP) is 5.85. The Morgan fingerprint density at radius 1 is 1.23 bits per heavy atom. The van der Waals surface area contributed by atoms with Crippen LogP contribution in [0.5, 0.6) is 11.5 Å². The van der Waals surface area contributed by atoms with Crippen molar-refractivity contribution >= 4 is 57.9 Å². The second-order valence-electron chi connectivity index (χ2n) is 6.17. The second kappa shape index (κ2) is 10.2. The lowest BCUT2D eigenvalue weighted by Crippen LogP contribution is -2.16. The quantitative estimate of drug-likeness (QED) is 0.224. The lowest BCUT2D eigenvalue weighted by atomic mass is 10.2. The summed E-state index contributed by atoms with van der Waals surface area (Å²) in [5.74, 6) is 1.53. The highest BCUT2D eigenvalue weighted by atomic mass is 127. The van der Waals surface area contributed by atoms with Crippen LogP contribution in [0, 0.1) is 10.5 Å². The minimum Gasteiger partial charge on any atom is -0.493 e.